The lowest BCUT2D eigenvalue weighted by atomic mass is 10.0. The topological polar surface area (TPSA) is 36.4 Å². The van der Waals surface area contributed by atoms with Gasteiger partial charge in [-0.2, -0.15) is 13.2 Å². The zero-order chi connectivity index (χ0) is 16.3. The van der Waals surface area contributed by atoms with E-state index in [1.165, 1.54) is 12.3 Å². The van der Waals surface area contributed by atoms with E-state index in [1.807, 2.05) is 4.90 Å². The lowest BCUT2D eigenvalue weighted by molar-refractivity contribution is -0.141. The number of pyridine rings is 1. The van der Waals surface area contributed by atoms with E-state index in [-0.39, 0.29) is 17.8 Å². The van der Waals surface area contributed by atoms with Gasteiger partial charge in [0, 0.05) is 26.2 Å². The average molecular weight is 336 g/mol. The maximum atomic E-state index is 12.5. The molecular formula is C14H17ClF3N3O. The van der Waals surface area contributed by atoms with Crippen molar-refractivity contribution in [3.63, 3.8) is 0 Å². The van der Waals surface area contributed by atoms with Crippen molar-refractivity contribution in [3.05, 3.63) is 24.0 Å². The van der Waals surface area contributed by atoms with E-state index in [1.54, 1.807) is 11.9 Å². The van der Waals surface area contributed by atoms with Crippen LogP contribution in [0.15, 0.2) is 18.3 Å². The number of carbonyl (C=O) groups excluding carboxylic acids is 1. The molecule has 1 aliphatic rings. The minimum absolute atomic E-state index is 0.0421. The molecule has 0 spiro atoms. The van der Waals surface area contributed by atoms with Gasteiger partial charge in [-0.25, -0.2) is 4.98 Å². The van der Waals surface area contributed by atoms with Crippen LogP contribution in [0.1, 0.15) is 18.5 Å². The van der Waals surface area contributed by atoms with Crippen molar-refractivity contribution in [2.75, 3.05) is 30.9 Å². The predicted molar refractivity (Wildman–Crippen MR) is 78.0 cm³/mol. The number of amides is 1. The van der Waals surface area contributed by atoms with Crippen LogP contribution >= 0.6 is 11.6 Å². The third-order valence-electron chi connectivity index (χ3n) is 3.92. The number of hydrogen-bond donors (Lipinski definition) is 0. The van der Waals surface area contributed by atoms with Crippen molar-refractivity contribution in [1.29, 1.82) is 0 Å². The highest BCUT2D eigenvalue weighted by atomic mass is 35.5. The number of piperidine rings is 1. The maximum absolute atomic E-state index is 12.5. The summed E-state index contributed by atoms with van der Waals surface area (Å²) < 4.78 is 37.5. The van der Waals surface area contributed by atoms with Gasteiger partial charge in [-0.1, -0.05) is 0 Å². The first kappa shape index (κ1) is 16.9. The van der Waals surface area contributed by atoms with Crippen LogP contribution in [-0.4, -0.2) is 47.9 Å². The Morgan fingerprint density at radius 1 is 1.41 bits per heavy atom. The van der Waals surface area contributed by atoms with Crippen LogP contribution in [-0.2, 0) is 11.0 Å². The van der Waals surface area contributed by atoms with Gasteiger partial charge >= 0.3 is 6.18 Å². The lowest BCUT2D eigenvalue weighted by Crippen LogP contribution is -2.46. The Balaban J connectivity index is 1.96. The molecule has 122 valence electrons. The summed E-state index contributed by atoms with van der Waals surface area (Å²) in [6.45, 7) is 1.33. The van der Waals surface area contributed by atoms with Gasteiger partial charge in [-0.05, 0) is 25.0 Å². The maximum Gasteiger partial charge on any atom is 0.433 e. The minimum Gasteiger partial charge on any atom is -0.370 e. The standard InChI is InChI=1S/C14H17ClF3N3O/c1-20(13(22)8-15)10-4-6-21(7-5-10)11-2-3-12(19-9-11)14(16,17)18/h2-3,9-10H,4-8H2,1H3. The number of aromatic nitrogens is 1. The van der Waals surface area contributed by atoms with Gasteiger partial charge in [-0.3, -0.25) is 4.79 Å². The summed E-state index contributed by atoms with van der Waals surface area (Å²) >= 11 is 5.54. The van der Waals surface area contributed by atoms with E-state index < -0.39 is 11.9 Å². The van der Waals surface area contributed by atoms with Crippen LogP contribution in [0.4, 0.5) is 18.9 Å². The van der Waals surface area contributed by atoms with E-state index in [0.717, 1.165) is 18.9 Å². The molecule has 0 radical (unpaired) electrons. The highest BCUT2D eigenvalue weighted by Gasteiger charge is 2.32. The second-order valence-electron chi connectivity index (χ2n) is 5.26. The number of hydrogen-bond acceptors (Lipinski definition) is 3. The van der Waals surface area contributed by atoms with Crippen molar-refractivity contribution < 1.29 is 18.0 Å². The number of carbonyl (C=O) groups is 1. The number of anilines is 1. The molecular weight excluding hydrogens is 319 g/mol. The molecule has 1 aromatic rings. The Kier molecular flexibility index (Phi) is 5.16. The molecule has 2 rings (SSSR count). The largest absolute Gasteiger partial charge is 0.433 e. The average Bonchev–Trinajstić information content (AvgIpc) is 2.53. The summed E-state index contributed by atoms with van der Waals surface area (Å²) in [7, 11) is 1.73. The fraction of sp³-hybridized carbons (Fsp3) is 0.571. The highest BCUT2D eigenvalue weighted by Crippen LogP contribution is 2.29. The molecule has 1 fully saturated rings. The zero-order valence-electron chi connectivity index (χ0n) is 12.1. The summed E-state index contributed by atoms with van der Waals surface area (Å²) in [4.78, 5) is 18.7. The third kappa shape index (κ3) is 3.82. The number of alkyl halides is 4. The molecule has 0 atom stereocenters. The highest BCUT2D eigenvalue weighted by molar-refractivity contribution is 6.27. The Morgan fingerprint density at radius 2 is 2.05 bits per heavy atom. The molecule has 8 heteroatoms. The number of rotatable bonds is 3. The van der Waals surface area contributed by atoms with E-state index in [2.05, 4.69) is 4.98 Å². The van der Waals surface area contributed by atoms with Crippen molar-refractivity contribution in [2.24, 2.45) is 0 Å². The smallest absolute Gasteiger partial charge is 0.370 e. The van der Waals surface area contributed by atoms with Crippen LogP contribution in [0.5, 0.6) is 0 Å². The van der Waals surface area contributed by atoms with Gasteiger partial charge < -0.3 is 9.80 Å². The summed E-state index contributed by atoms with van der Waals surface area (Å²) in [5.74, 6) is -0.157. The Hall–Kier alpha value is -1.50. The third-order valence-corrected chi connectivity index (χ3v) is 4.15. The Bertz CT molecular complexity index is 513. The van der Waals surface area contributed by atoms with Gasteiger partial charge in [0.1, 0.15) is 11.6 Å². The van der Waals surface area contributed by atoms with E-state index in [0.29, 0.717) is 18.8 Å². The van der Waals surface area contributed by atoms with E-state index in [9.17, 15) is 18.0 Å². The van der Waals surface area contributed by atoms with Crippen LogP contribution in [0.25, 0.3) is 0 Å². The molecule has 1 saturated heterocycles. The molecule has 0 aromatic carbocycles. The lowest BCUT2D eigenvalue weighted by Gasteiger charge is -2.37. The first-order valence-corrected chi connectivity index (χ1v) is 7.46. The summed E-state index contributed by atoms with van der Waals surface area (Å²) in [5.41, 5.74) is -0.226. The Morgan fingerprint density at radius 3 is 2.50 bits per heavy atom. The van der Waals surface area contributed by atoms with Gasteiger partial charge in [0.05, 0.1) is 11.9 Å². The molecule has 0 unspecified atom stereocenters. The van der Waals surface area contributed by atoms with Gasteiger partial charge in [-0.15, -0.1) is 11.6 Å². The van der Waals surface area contributed by atoms with Crippen LogP contribution in [0, 0.1) is 0 Å². The molecule has 1 aromatic heterocycles. The fourth-order valence-corrected chi connectivity index (χ4v) is 2.74. The summed E-state index contributed by atoms with van der Waals surface area (Å²) in [6.07, 6.45) is -1.67. The van der Waals surface area contributed by atoms with Crippen LogP contribution < -0.4 is 4.90 Å². The van der Waals surface area contributed by atoms with Crippen LogP contribution in [0.2, 0.25) is 0 Å². The predicted octanol–water partition coefficient (Wildman–Crippen LogP) is 2.77. The van der Waals surface area contributed by atoms with E-state index in [4.69, 9.17) is 11.6 Å². The van der Waals surface area contributed by atoms with Crippen molar-refractivity contribution >= 4 is 23.2 Å². The summed E-state index contributed by atoms with van der Waals surface area (Å²) in [5, 5.41) is 0. The number of nitrogens with zero attached hydrogens (tertiary/aromatic N) is 3. The van der Waals surface area contributed by atoms with Crippen LogP contribution in [0.3, 0.4) is 0 Å². The van der Waals surface area contributed by atoms with Gasteiger partial charge in [0.25, 0.3) is 0 Å². The molecule has 0 aliphatic carbocycles. The molecule has 4 nitrogen and oxygen atoms in total. The fourth-order valence-electron chi connectivity index (χ4n) is 2.55. The van der Waals surface area contributed by atoms with Crippen molar-refractivity contribution in [1.82, 2.24) is 9.88 Å². The molecule has 22 heavy (non-hydrogen) atoms. The monoisotopic (exact) mass is 335 g/mol. The SMILES string of the molecule is CN(C(=O)CCl)C1CCN(c2ccc(C(F)(F)F)nc2)CC1. The molecule has 0 N–H and O–H groups in total. The molecule has 0 saturated carbocycles. The molecule has 0 bridgehead atoms. The normalized spacial score (nSPS) is 16.7. The second kappa shape index (κ2) is 6.73. The van der Waals surface area contributed by atoms with Gasteiger partial charge in [0.2, 0.25) is 5.91 Å². The quantitative estimate of drug-likeness (QED) is 0.797. The zero-order valence-corrected chi connectivity index (χ0v) is 12.9. The Labute approximate surface area is 131 Å². The summed E-state index contributed by atoms with van der Waals surface area (Å²) in [6, 6.07) is 2.54. The first-order chi connectivity index (χ1) is 10.3. The minimum atomic E-state index is -4.42. The first-order valence-electron chi connectivity index (χ1n) is 6.92. The van der Waals surface area contributed by atoms with E-state index >= 15 is 0 Å². The van der Waals surface area contributed by atoms with Crippen molar-refractivity contribution in [3.8, 4) is 0 Å². The molecule has 2 heterocycles. The van der Waals surface area contributed by atoms with Gasteiger partial charge in [0.15, 0.2) is 0 Å². The van der Waals surface area contributed by atoms with Crippen molar-refractivity contribution in [2.45, 2.75) is 25.1 Å². The number of halogens is 4. The second-order valence-corrected chi connectivity index (χ2v) is 5.52. The molecule has 1 aliphatic heterocycles. The molecule has 1 amide bonds.